The second-order valence-electron chi connectivity index (χ2n) is 4.06. The summed E-state index contributed by atoms with van der Waals surface area (Å²) in [6.07, 6.45) is 5.11. The van der Waals surface area contributed by atoms with Crippen LogP contribution in [0.5, 0.6) is 5.75 Å². The minimum Gasteiger partial charge on any atom is -0.481 e. The van der Waals surface area contributed by atoms with Crippen LogP contribution in [0.3, 0.4) is 0 Å². The molecule has 1 heterocycles. The smallest absolute Gasteiger partial charge is 0.253 e. The Bertz CT molecular complexity index is 442. The zero-order valence-electron chi connectivity index (χ0n) is 10.2. The Balaban J connectivity index is 2.00. The van der Waals surface area contributed by atoms with E-state index in [1.54, 1.807) is 24.3 Å². The van der Waals surface area contributed by atoms with Gasteiger partial charge in [0.15, 0.2) is 0 Å². The van der Waals surface area contributed by atoms with Gasteiger partial charge in [-0.1, -0.05) is 5.92 Å². The Morgan fingerprint density at radius 3 is 2.61 bits per heavy atom. The van der Waals surface area contributed by atoms with Gasteiger partial charge in [-0.2, -0.15) is 0 Å². The van der Waals surface area contributed by atoms with Gasteiger partial charge < -0.3 is 15.0 Å². The zero-order chi connectivity index (χ0) is 12.8. The molecule has 18 heavy (non-hydrogen) atoms. The largest absolute Gasteiger partial charge is 0.481 e. The molecule has 0 spiro atoms. The van der Waals surface area contributed by atoms with Gasteiger partial charge in [0.1, 0.15) is 12.4 Å². The van der Waals surface area contributed by atoms with Crippen LogP contribution in [0.1, 0.15) is 10.4 Å². The molecule has 0 aromatic heterocycles. The van der Waals surface area contributed by atoms with E-state index in [0.717, 1.165) is 26.2 Å². The van der Waals surface area contributed by atoms with E-state index in [-0.39, 0.29) is 12.5 Å². The van der Waals surface area contributed by atoms with Crippen LogP contribution in [-0.4, -0.2) is 43.6 Å². The molecule has 1 aliphatic heterocycles. The second-order valence-corrected chi connectivity index (χ2v) is 4.06. The summed E-state index contributed by atoms with van der Waals surface area (Å²) in [4.78, 5) is 14.0. The van der Waals surface area contributed by atoms with E-state index in [2.05, 4.69) is 11.2 Å². The number of hydrogen-bond acceptors (Lipinski definition) is 3. The Morgan fingerprint density at radius 2 is 2.00 bits per heavy atom. The van der Waals surface area contributed by atoms with Gasteiger partial charge in [0.2, 0.25) is 0 Å². The number of rotatable bonds is 3. The number of nitrogens with one attached hydrogen (secondary N) is 1. The lowest BCUT2D eigenvalue weighted by molar-refractivity contribution is 0.0736. The van der Waals surface area contributed by atoms with E-state index in [9.17, 15) is 4.79 Å². The van der Waals surface area contributed by atoms with E-state index in [0.29, 0.717) is 11.3 Å². The van der Waals surface area contributed by atoms with Crippen LogP contribution in [0.25, 0.3) is 0 Å². The first-order valence-electron chi connectivity index (χ1n) is 5.97. The zero-order valence-corrected chi connectivity index (χ0v) is 10.2. The first kappa shape index (κ1) is 12.5. The minimum absolute atomic E-state index is 0.0694. The standard InChI is InChI=1S/C14H16N2O2/c1-2-11-18-13-5-3-12(4-6-13)14(17)16-9-7-15-8-10-16/h1,3-6,15H,7-11H2. The van der Waals surface area contributed by atoms with Crippen LogP contribution in [0.4, 0.5) is 0 Å². The van der Waals surface area contributed by atoms with Crippen molar-refractivity contribution in [3.63, 3.8) is 0 Å². The fraction of sp³-hybridized carbons (Fsp3) is 0.357. The molecule has 1 aromatic rings. The Labute approximate surface area is 107 Å². The highest BCUT2D eigenvalue weighted by Gasteiger charge is 2.17. The fourth-order valence-corrected chi connectivity index (χ4v) is 1.87. The van der Waals surface area contributed by atoms with Gasteiger partial charge in [-0.3, -0.25) is 4.79 Å². The van der Waals surface area contributed by atoms with Crippen LogP contribution in [0, 0.1) is 12.3 Å². The van der Waals surface area contributed by atoms with E-state index in [4.69, 9.17) is 11.2 Å². The summed E-state index contributed by atoms with van der Waals surface area (Å²) in [6.45, 7) is 3.47. The number of carbonyl (C=O) groups excluding carboxylic acids is 1. The molecule has 0 saturated carbocycles. The van der Waals surface area contributed by atoms with Crippen LogP contribution < -0.4 is 10.1 Å². The third-order valence-corrected chi connectivity index (χ3v) is 2.83. The maximum Gasteiger partial charge on any atom is 0.253 e. The van der Waals surface area contributed by atoms with Gasteiger partial charge in [0.05, 0.1) is 0 Å². The van der Waals surface area contributed by atoms with Crippen molar-refractivity contribution in [1.29, 1.82) is 0 Å². The third-order valence-electron chi connectivity index (χ3n) is 2.83. The predicted octanol–water partition coefficient (Wildman–Crippen LogP) is 0.744. The maximum absolute atomic E-state index is 12.2. The Hall–Kier alpha value is -1.99. The number of piperazine rings is 1. The first-order valence-corrected chi connectivity index (χ1v) is 5.97. The van der Waals surface area contributed by atoms with E-state index >= 15 is 0 Å². The fourth-order valence-electron chi connectivity index (χ4n) is 1.87. The molecule has 0 unspecified atom stereocenters. The van der Waals surface area contributed by atoms with Gasteiger partial charge in [-0.05, 0) is 24.3 Å². The van der Waals surface area contributed by atoms with E-state index in [1.165, 1.54) is 0 Å². The molecule has 0 atom stereocenters. The van der Waals surface area contributed by atoms with Crippen molar-refractivity contribution >= 4 is 5.91 Å². The molecule has 4 nitrogen and oxygen atoms in total. The lowest BCUT2D eigenvalue weighted by atomic mass is 10.2. The van der Waals surface area contributed by atoms with Gasteiger partial charge in [-0.15, -0.1) is 6.42 Å². The quantitative estimate of drug-likeness (QED) is 0.798. The minimum atomic E-state index is 0.0694. The maximum atomic E-state index is 12.2. The van der Waals surface area contributed by atoms with Crippen LogP contribution in [0.2, 0.25) is 0 Å². The summed E-state index contributed by atoms with van der Waals surface area (Å²) in [5.74, 6) is 3.16. The number of hydrogen-bond donors (Lipinski definition) is 1. The van der Waals surface area contributed by atoms with E-state index < -0.39 is 0 Å². The van der Waals surface area contributed by atoms with Gasteiger partial charge in [0, 0.05) is 31.7 Å². The summed E-state index contributed by atoms with van der Waals surface area (Å²) < 4.78 is 5.26. The highest BCUT2D eigenvalue weighted by atomic mass is 16.5. The summed E-state index contributed by atoms with van der Waals surface area (Å²) >= 11 is 0. The SMILES string of the molecule is C#CCOc1ccc(C(=O)N2CCNCC2)cc1. The summed E-state index contributed by atoms with van der Waals surface area (Å²) in [7, 11) is 0. The lowest BCUT2D eigenvalue weighted by Gasteiger charge is -2.27. The topological polar surface area (TPSA) is 41.6 Å². The number of amides is 1. The highest BCUT2D eigenvalue weighted by Crippen LogP contribution is 2.13. The molecular weight excluding hydrogens is 228 g/mol. The van der Waals surface area contributed by atoms with Crippen molar-refractivity contribution in [3.8, 4) is 18.1 Å². The van der Waals surface area contributed by atoms with E-state index in [1.807, 2.05) is 4.90 Å². The molecule has 0 bridgehead atoms. The highest BCUT2D eigenvalue weighted by molar-refractivity contribution is 5.94. The number of benzene rings is 1. The molecular formula is C14H16N2O2. The van der Waals surface area contributed by atoms with Crippen molar-refractivity contribution in [2.75, 3.05) is 32.8 Å². The van der Waals surface area contributed by atoms with Gasteiger partial charge in [-0.25, -0.2) is 0 Å². The predicted molar refractivity (Wildman–Crippen MR) is 69.5 cm³/mol. The molecule has 1 aromatic carbocycles. The van der Waals surface area contributed by atoms with Crippen LogP contribution in [0.15, 0.2) is 24.3 Å². The van der Waals surface area contributed by atoms with Crippen molar-refractivity contribution in [2.24, 2.45) is 0 Å². The molecule has 1 N–H and O–H groups in total. The number of ether oxygens (including phenoxy) is 1. The molecule has 94 valence electrons. The van der Waals surface area contributed by atoms with Gasteiger partial charge >= 0.3 is 0 Å². The molecule has 4 heteroatoms. The Kier molecular flexibility index (Phi) is 4.21. The van der Waals surface area contributed by atoms with Crippen LogP contribution >= 0.6 is 0 Å². The lowest BCUT2D eigenvalue weighted by Crippen LogP contribution is -2.46. The molecule has 1 amide bonds. The summed E-state index contributed by atoms with van der Waals surface area (Å²) in [5.41, 5.74) is 0.685. The second kappa shape index (κ2) is 6.08. The normalized spacial score (nSPS) is 14.9. The third kappa shape index (κ3) is 3.02. The molecule has 1 saturated heterocycles. The van der Waals surface area contributed by atoms with Crippen molar-refractivity contribution in [1.82, 2.24) is 10.2 Å². The van der Waals surface area contributed by atoms with Gasteiger partial charge in [0.25, 0.3) is 5.91 Å². The van der Waals surface area contributed by atoms with Crippen molar-refractivity contribution in [3.05, 3.63) is 29.8 Å². The number of nitrogens with zero attached hydrogens (tertiary/aromatic N) is 1. The van der Waals surface area contributed by atoms with Crippen molar-refractivity contribution < 1.29 is 9.53 Å². The summed E-state index contributed by atoms with van der Waals surface area (Å²) in [5, 5.41) is 3.22. The molecule has 1 fully saturated rings. The van der Waals surface area contributed by atoms with Crippen molar-refractivity contribution in [2.45, 2.75) is 0 Å². The monoisotopic (exact) mass is 244 g/mol. The molecule has 0 aliphatic carbocycles. The van der Waals surface area contributed by atoms with Crippen LogP contribution in [-0.2, 0) is 0 Å². The molecule has 1 aliphatic rings. The molecule has 2 rings (SSSR count). The number of terminal acetylenes is 1. The average Bonchev–Trinajstić information content (AvgIpc) is 2.46. The number of carbonyl (C=O) groups is 1. The first-order chi connectivity index (χ1) is 8.81. The average molecular weight is 244 g/mol. The summed E-state index contributed by atoms with van der Waals surface area (Å²) in [6, 6.07) is 7.09. The Morgan fingerprint density at radius 1 is 1.33 bits per heavy atom. The molecule has 0 radical (unpaired) electrons.